The van der Waals surface area contributed by atoms with Crippen LogP contribution in [0.4, 0.5) is 5.13 Å². The molecule has 0 bridgehead atoms. The van der Waals surface area contributed by atoms with Crippen LogP contribution in [-0.4, -0.2) is 17.4 Å². The lowest BCUT2D eigenvalue weighted by Gasteiger charge is -2.14. The van der Waals surface area contributed by atoms with Crippen molar-refractivity contribution >= 4 is 38.3 Å². The number of benzene rings is 1. The topological polar surface area (TPSA) is 24.9 Å². The zero-order chi connectivity index (χ0) is 12.8. The van der Waals surface area contributed by atoms with Gasteiger partial charge in [0, 0.05) is 12.4 Å². The van der Waals surface area contributed by atoms with Gasteiger partial charge < -0.3 is 5.32 Å². The molecule has 4 heteroatoms. The number of thiazole rings is 1. The van der Waals surface area contributed by atoms with Crippen LogP contribution < -0.4 is 5.32 Å². The van der Waals surface area contributed by atoms with E-state index in [1.165, 1.54) is 17.5 Å². The second kappa shape index (κ2) is 6.95. The summed E-state index contributed by atoms with van der Waals surface area (Å²) in [7, 11) is 0. The highest BCUT2D eigenvalue weighted by Crippen LogP contribution is 2.26. The summed E-state index contributed by atoms with van der Waals surface area (Å²) in [6.45, 7) is 3.19. The minimum absolute atomic E-state index is 0.652. The number of rotatable bonds is 7. The number of fused-ring (bicyclic) bond motifs is 1. The fraction of sp³-hybridized carbons (Fsp3) is 0.500. The predicted molar refractivity (Wildman–Crippen MR) is 81.8 cm³/mol. The zero-order valence-corrected chi connectivity index (χ0v) is 12.2. The normalized spacial score (nSPS) is 12.8. The highest BCUT2D eigenvalue weighted by atomic mass is 35.5. The second-order valence-corrected chi connectivity index (χ2v) is 5.91. The zero-order valence-electron chi connectivity index (χ0n) is 10.7. The quantitative estimate of drug-likeness (QED) is 0.741. The summed E-state index contributed by atoms with van der Waals surface area (Å²) < 4.78 is 1.24. The van der Waals surface area contributed by atoms with Gasteiger partial charge in [0.1, 0.15) is 0 Å². The van der Waals surface area contributed by atoms with Crippen LogP contribution in [0.15, 0.2) is 24.3 Å². The van der Waals surface area contributed by atoms with Crippen LogP contribution in [0, 0.1) is 5.92 Å². The average molecular weight is 283 g/mol. The third-order valence-electron chi connectivity index (χ3n) is 3.05. The Labute approximate surface area is 117 Å². The van der Waals surface area contributed by atoms with Gasteiger partial charge >= 0.3 is 0 Å². The van der Waals surface area contributed by atoms with Crippen molar-refractivity contribution < 1.29 is 0 Å². The summed E-state index contributed by atoms with van der Waals surface area (Å²) in [6.07, 6.45) is 3.51. The Balaban J connectivity index is 1.95. The van der Waals surface area contributed by atoms with Gasteiger partial charge in [0.2, 0.25) is 0 Å². The number of nitrogens with zero attached hydrogens (tertiary/aromatic N) is 1. The number of halogens is 1. The van der Waals surface area contributed by atoms with Crippen molar-refractivity contribution in [2.45, 2.75) is 26.2 Å². The molecule has 1 atom stereocenters. The van der Waals surface area contributed by atoms with Gasteiger partial charge in [0.05, 0.1) is 10.2 Å². The molecule has 0 aliphatic heterocycles. The van der Waals surface area contributed by atoms with Crippen molar-refractivity contribution in [2.24, 2.45) is 5.92 Å². The fourth-order valence-corrected chi connectivity index (χ4v) is 3.27. The number of nitrogens with one attached hydrogen (secondary N) is 1. The monoisotopic (exact) mass is 282 g/mol. The largest absolute Gasteiger partial charge is 0.361 e. The molecule has 0 amide bonds. The second-order valence-electron chi connectivity index (χ2n) is 4.50. The maximum absolute atomic E-state index is 5.84. The van der Waals surface area contributed by atoms with E-state index < -0.39 is 0 Å². The summed E-state index contributed by atoms with van der Waals surface area (Å²) in [6, 6.07) is 8.25. The van der Waals surface area contributed by atoms with Crippen molar-refractivity contribution in [2.75, 3.05) is 17.7 Å². The Morgan fingerprint density at radius 2 is 2.17 bits per heavy atom. The Kier molecular flexibility index (Phi) is 5.26. The summed E-state index contributed by atoms with van der Waals surface area (Å²) >= 11 is 7.56. The summed E-state index contributed by atoms with van der Waals surface area (Å²) in [5.41, 5.74) is 1.08. The molecule has 98 valence electrons. The number of para-hydroxylation sites is 1. The number of hydrogen-bond donors (Lipinski definition) is 1. The Morgan fingerprint density at radius 3 is 2.89 bits per heavy atom. The maximum Gasteiger partial charge on any atom is 0.183 e. The molecule has 2 rings (SSSR count). The van der Waals surface area contributed by atoms with Crippen molar-refractivity contribution in [3.63, 3.8) is 0 Å². The molecule has 0 saturated heterocycles. The van der Waals surface area contributed by atoms with Gasteiger partial charge in [0.25, 0.3) is 0 Å². The molecule has 18 heavy (non-hydrogen) atoms. The third kappa shape index (κ3) is 3.59. The van der Waals surface area contributed by atoms with Gasteiger partial charge in [-0.2, -0.15) is 0 Å². The van der Waals surface area contributed by atoms with Crippen LogP contribution in [0.5, 0.6) is 0 Å². The van der Waals surface area contributed by atoms with E-state index in [2.05, 4.69) is 35.4 Å². The Hall–Kier alpha value is -0.800. The molecule has 0 radical (unpaired) electrons. The van der Waals surface area contributed by atoms with Gasteiger partial charge in [-0.3, -0.25) is 0 Å². The molecule has 1 aromatic carbocycles. The highest BCUT2D eigenvalue weighted by molar-refractivity contribution is 7.22. The molecule has 0 aliphatic carbocycles. The molecule has 1 heterocycles. The summed E-state index contributed by atoms with van der Waals surface area (Å²) in [4.78, 5) is 4.58. The van der Waals surface area contributed by atoms with Crippen LogP contribution in [0.1, 0.15) is 26.2 Å². The van der Waals surface area contributed by atoms with E-state index in [0.717, 1.165) is 29.5 Å². The lowest BCUT2D eigenvalue weighted by atomic mass is 10.0. The van der Waals surface area contributed by atoms with Crippen LogP contribution in [0.2, 0.25) is 0 Å². The van der Waals surface area contributed by atoms with Gasteiger partial charge in [-0.1, -0.05) is 36.8 Å². The molecule has 0 aliphatic rings. The van der Waals surface area contributed by atoms with Gasteiger partial charge in [-0.05, 0) is 30.9 Å². The van der Waals surface area contributed by atoms with Crippen LogP contribution >= 0.6 is 22.9 Å². The van der Waals surface area contributed by atoms with E-state index in [1.54, 1.807) is 11.3 Å². The van der Waals surface area contributed by atoms with Crippen LogP contribution in [0.3, 0.4) is 0 Å². The van der Waals surface area contributed by atoms with E-state index >= 15 is 0 Å². The van der Waals surface area contributed by atoms with E-state index in [4.69, 9.17) is 11.6 Å². The standard InChI is InChI=1S/C14H19ClN2S/c1-2-5-11(8-9-15)10-16-14-17-12-6-3-4-7-13(12)18-14/h3-4,6-7,11H,2,5,8-10H2,1H3,(H,16,17). The number of hydrogen-bond acceptors (Lipinski definition) is 3. The summed E-state index contributed by atoms with van der Waals surface area (Å²) in [5, 5.41) is 4.47. The van der Waals surface area contributed by atoms with Gasteiger partial charge in [-0.15, -0.1) is 11.6 Å². The number of aromatic nitrogens is 1. The minimum Gasteiger partial charge on any atom is -0.361 e. The molecule has 0 saturated carbocycles. The van der Waals surface area contributed by atoms with Crippen molar-refractivity contribution in [3.8, 4) is 0 Å². The number of anilines is 1. The predicted octanol–water partition coefficient (Wildman–Crippen LogP) is 4.75. The van der Waals surface area contributed by atoms with Crippen LogP contribution in [-0.2, 0) is 0 Å². The molecule has 0 fully saturated rings. The molecular weight excluding hydrogens is 264 g/mol. The number of alkyl halides is 1. The van der Waals surface area contributed by atoms with E-state index in [-0.39, 0.29) is 0 Å². The Bertz CT molecular complexity index is 444. The fourth-order valence-electron chi connectivity index (χ4n) is 2.09. The smallest absolute Gasteiger partial charge is 0.183 e. The molecule has 2 aromatic rings. The van der Waals surface area contributed by atoms with Crippen LogP contribution in [0.25, 0.3) is 10.2 Å². The maximum atomic E-state index is 5.84. The lowest BCUT2D eigenvalue weighted by molar-refractivity contribution is 0.490. The Morgan fingerprint density at radius 1 is 1.33 bits per heavy atom. The first kappa shape index (κ1) is 13.6. The molecule has 1 unspecified atom stereocenters. The molecule has 1 N–H and O–H groups in total. The molecule has 0 spiro atoms. The van der Waals surface area contributed by atoms with Gasteiger partial charge in [-0.25, -0.2) is 4.98 Å². The van der Waals surface area contributed by atoms with Crippen molar-refractivity contribution in [1.82, 2.24) is 4.98 Å². The first-order chi connectivity index (χ1) is 8.83. The summed E-state index contributed by atoms with van der Waals surface area (Å²) in [5.74, 6) is 1.39. The minimum atomic E-state index is 0.652. The van der Waals surface area contributed by atoms with Crippen molar-refractivity contribution in [1.29, 1.82) is 0 Å². The SMILES string of the molecule is CCCC(CCCl)CNc1nc2ccccc2s1. The van der Waals surface area contributed by atoms with E-state index in [9.17, 15) is 0 Å². The third-order valence-corrected chi connectivity index (χ3v) is 4.26. The lowest BCUT2D eigenvalue weighted by Crippen LogP contribution is -2.14. The highest BCUT2D eigenvalue weighted by Gasteiger charge is 2.08. The van der Waals surface area contributed by atoms with E-state index in [0.29, 0.717) is 5.92 Å². The molecule has 2 nitrogen and oxygen atoms in total. The first-order valence-corrected chi connectivity index (χ1v) is 7.84. The molecular formula is C14H19ClN2S. The van der Waals surface area contributed by atoms with Gasteiger partial charge in [0.15, 0.2) is 5.13 Å². The molecule has 1 aromatic heterocycles. The van der Waals surface area contributed by atoms with E-state index in [1.807, 2.05) is 6.07 Å². The average Bonchev–Trinajstić information content (AvgIpc) is 2.79. The van der Waals surface area contributed by atoms with Crippen molar-refractivity contribution in [3.05, 3.63) is 24.3 Å². The first-order valence-electron chi connectivity index (χ1n) is 6.49.